The maximum atomic E-state index is 10.9. The number of rotatable bonds is 6. The second kappa shape index (κ2) is 6.38. The zero-order chi connectivity index (χ0) is 14.5. The molecule has 2 aromatic rings. The normalized spacial score (nSPS) is 10.5. The number of ether oxygens (including phenoxy) is 1. The lowest BCUT2D eigenvalue weighted by Crippen LogP contribution is -2.03. The van der Waals surface area contributed by atoms with Crippen molar-refractivity contribution in [2.24, 2.45) is 7.05 Å². The Labute approximate surface area is 121 Å². The molecule has 0 N–H and O–H groups in total. The molecule has 0 aliphatic rings. The molecule has 0 spiro atoms. The standard InChI is InChI=1S/C13H14ClN3O3/c1-16-9-11(8-15-16)4-5-20-13-6-10(7-14)2-3-12(13)17(18)19/h2-3,6,8-9H,4-5,7H2,1H3. The SMILES string of the molecule is Cn1cc(CCOc2cc(CCl)ccc2[N+](=O)[O-])cn1. The minimum atomic E-state index is -0.461. The Morgan fingerprint density at radius 3 is 2.85 bits per heavy atom. The summed E-state index contributed by atoms with van der Waals surface area (Å²) in [5.41, 5.74) is 1.75. The Hall–Kier alpha value is -2.08. The molecular weight excluding hydrogens is 282 g/mol. The van der Waals surface area contributed by atoms with Crippen molar-refractivity contribution in [3.8, 4) is 5.75 Å². The van der Waals surface area contributed by atoms with Crippen molar-refractivity contribution in [1.29, 1.82) is 0 Å². The number of nitrogens with zero attached hydrogens (tertiary/aromatic N) is 3. The van der Waals surface area contributed by atoms with E-state index in [0.717, 1.165) is 11.1 Å². The number of hydrogen-bond acceptors (Lipinski definition) is 4. The number of aromatic nitrogens is 2. The molecular formula is C13H14ClN3O3. The molecule has 0 atom stereocenters. The summed E-state index contributed by atoms with van der Waals surface area (Å²) in [6, 6.07) is 4.64. The fourth-order valence-electron chi connectivity index (χ4n) is 1.79. The van der Waals surface area contributed by atoms with Gasteiger partial charge >= 0.3 is 5.69 Å². The van der Waals surface area contributed by atoms with Crippen molar-refractivity contribution in [3.05, 3.63) is 51.8 Å². The van der Waals surface area contributed by atoms with Crippen LogP contribution in [-0.2, 0) is 19.3 Å². The first-order valence-corrected chi connectivity index (χ1v) is 6.57. The molecule has 0 unspecified atom stereocenters. The largest absolute Gasteiger partial charge is 0.486 e. The highest BCUT2D eigenvalue weighted by atomic mass is 35.5. The second-order valence-corrected chi connectivity index (χ2v) is 4.58. The molecule has 1 heterocycles. The number of hydrogen-bond donors (Lipinski definition) is 0. The number of nitro groups is 1. The van der Waals surface area contributed by atoms with Gasteiger partial charge in [-0.2, -0.15) is 5.10 Å². The maximum Gasteiger partial charge on any atom is 0.310 e. The van der Waals surface area contributed by atoms with E-state index in [4.69, 9.17) is 16.3 Å². The number of halogens is 1. The van der Waals surface area contributed by atoms with Crippen LogP contribution in [0.15, 0.2) is 30.6 Å². The van der Waals surface area contributed by atoms with Gasteiger partial charge in [-0.05, 0) is 17.2 Å². The topological polar surface area (TPSA) is 70.2 Å². The highest BCUT2D eigenvalue weighted by molar-refractivity contribution is 6.17. The summed E-state index contributed by atoms with van der Waals surface area (Å²) < 4.78 is 7.22. The smallest absolute Gasteiger partial charge is 0.310 e. The van der Waals surface area contributed by atoms with E-state index in [1.807, 2.05) is 13.2 Å². The van der Waals surface area contributed by atoms with Crippen LogP contribution in [-0.4, -0.2) is 21.3 Å². The van der Waals surface area contributed by atoms with Crippen LogP contribution in [0.1, 0.15) is 11.1 Å². The summed E-state index contributed by atoms with van der Waals surface area (Å²) in [5.74, 6) is 0.536. The Balaban J connectivity index is 2.05. The molecule has 6 nitrogen and oxygen atoms in total. The van der Waals surface area contributed by atoms with Gasteiger partial charge in [0.15, 0.2) is 5.75 Å². The third-order valence-corrected chi connectivity index (χ3v) is 3.09. The zero-order valence-corrected chi connectivity index (χ0v) is 11.7. The molecule has 106 valence electrons. The van der Waals surface area contributed by atoms with Crippen LogP contribution in [0.5, 0.6) is 5.75 Å². The average molecular weight is 296 g/mol. The van der Waals surface area contributed by atoms with Gasteiger partial charge in [0.2, 0.25) is 0 Å². The zero-order valence-electron chi connectivity index (χ0n) is 11.0. The first-order chi connectivity index (χ1) is 9.60. The summed E-state index contributed by atoms with van der Waals surface area (Å²) in [7, 11) is 1.83. The van der Waals surface area contributed by atoms with Gasteiger partial charge in [-0.25, -0.2) is 0 Å². The van der Waals surface area contributed by atoms with E-state index in [2.05, 4.69) is 5.10 Å². The highest BCUT2D eigenvalue weighted by Gasteiger charge is 2.15. The Bertz CT molecular complexity index is 613. The van der Waals surface area contributed by atoms with E-state index in [1.54, 1.807) is 23.0 Å². The van der Waals surface area contributed by atoms with E-state index in [0.29, 0.717) is 13.0 Å². The molecule has 0 amide bonds. The Morgan fingerprint density at radius 1 is 1.45 bits per heavy atom. The maximum absolute atomic E-state index is 10.9. The van der Waals surface area contributed by atoms with Crippen LogP contribution in [0.4, 0.5) is 5.69 Å². The Kier molecular flexibility index (Phi) is 4.57. The minimum absolute atomic E-state index is 0.0509. The van der Waals surface area contributed by atoms with Crippen molar-refractivity contribution in [2.45, 2.75) is 12.3 Å². The van der Waals surface area contributed by atoms with Gasteiger partial charge in [0, 0.05) is 31.6 Å². The molecule has 0 radical (unpaired) electrons. The summed E-state index contributed by atoms with van der Waals surface area (Å²) in [5, 5.41) is 15.0. The van der Waals surface area contributed by atoms with Gasteiger partial charge in [0.25, 0.3) is 0 Å². The van der Waals surface area contributed by atoms with Crippen LogP contribution in [0.25, 0.3) is 0 Å². The molecule has 0 aliphatic carbocycles. The van der Waals surface area contributed by atoms with Crippen LogP contribution < -0.4 is 4.74 Å². The summed E-state index contributed by atoms with van der Waals surface area (Å²) in [6.45, 7) is 0.346. The fraction of sp³-hybridized carbons (Fsp3) is 0.308. The van der Waals surface area contributed by atoms with E-state index in [-0.39, 0.29) is 17.3 Å². The molecule has 1 aromatic carbocycles. The van der Waals surface area contributed by atoms with E-state index in [1.165, 1.54) is 6.07 Å². The van der Waals surface area contributed by atoms with Crippen molar-refractivity contribution >= 4 is 17.3 Å². The highest BCUT2D eigenvalue weighted by Crippen LogP contribution is 2.28. The van der Waals surface area contributed by atoms with Gasteiger partial charge in [0.1, 0.15) is 0 Å². The number of alkyl halides is 1. The first kappa shape index (κ1) is 14.3. The number of nitro benzene ring substituents is 1. The third kappa shape index (κ3) is 3.48. The predicted molar refractivity (Wildman–Crippen MR) is 75.1 cm³/mol. The molecule has 0 aliphatic heterocycles. The minimum Gasteiger partial charge on any atom is -0.486 e. The van der Waals surface area contributed by atoms with Crippen LogP contribution in [0.2, 0.25) is 0 Å². The second-order valence-electron chi connectivity index (χ2n) is 4.31. The van der Waals surface area contributed by atoms with Gasteiger partial charge < -0.3 is 4.74 Å². The van der Waals surface area contributed by atoms with Crippen molar-refractivity contribution in [2.75, 3.05) is 6.61 Å². The molecule has 1 aromatic heterocycles. The fourth-order valence-corrected chi connectivity index (χ4v) is 1.95. The van der Waals surface area contributed by atoms with E-state index in [9.17, 15) is 10.1 Å². The molecule has 0 saturated heterocycles. The molecule has 20 heavy (non-hydrogen) atoms. The summed E-state index contributed by atoms with van der Waals surface area (Å²) >= 11 is 5.73. The van der Waals surface area contributed by atoms with Crippen LogP contribution in [0, 0.1) is 10.1 Å². The summed E-state index contributed by atoms with van der Waals surface area (Å²) in [4.78, 5) is 10.5. The lowest BCUT2D eigenvalue weighted by Gasteiger charge is -2.07. The van der Waals surface area contributed by atoms with E-state index < -0.39 is 4.92 Å². The van der Waals surface area contributed by atoms with Gasteiger partial charge in [-0.3, -0.25) is 14.8 Å². The van der Waals surface area contributed by atoms with Gasteiger partial charge in [0.05, 0.1) is 17.7 Å². The molecule has 7 heteroatoms. The first-order valence-electron chi connectivity index (χ1n) is 6.03. The number of benzene rings is 1. The molecule has 0 fully saturated rings. The quantitative estimate of drug-likeness (QED) is 0.467. The molecule has 2 rings (SSSR count). The molecule has 0 saturated carbocycles. The average Bonchev–Trinajstić information content (AvgIpc) is 2.84. The van der Waals surface area contributed by atoms with Crippen molar-refractivity contribution < 1.29 is 9.66 Å². The lowest BCUT2D eigenvalue weighted by molar-refractivity contribution is -0.385. The van der Waals surface area contributed by atoms with Gasteiger partial charge in [-0.15, -0.1) is 11.6 Å². The molecule has 0 bridgehead atoms. The van der Waals surface area contributed by atoms with E-state index >= 15 is 0 Å². The van der Waals surface area contributed by atoms with Gasteiger partial charge in [-0.1, -0.05) is 6.07 Å². The van der Waals surface area contributed by atoms with Crippen molar-refractivity contribution in [3.63, 3.8) is 0 Å². The number of aryl methyl sites for hydroxylation is 1. The summed E-state index contributed by atoms with van der Waals surface area (Å²) in [6.07, 6.45) is 4.26. The lowest BCUT2D eigenvalue weighted by atomic mass is 10.2. The van der Waals surface area contributed by atoms with Crippen molar-refractivity contribution in [1.82, 2.24) is 9.78 Å². The van der Waals surface area contributed by atoms with Crippen LogP contribution >= 0.6 is 11.6 Å². The Morgan fingerprint density at radius 2 is 2.25 bits per heavy atom. The third-order valence-electron chi connectivity index (χ3n) is 2.78. The van der Waals surface area contributed by atoms with Crippen LogP contribution in [0.3, 0.4) is 0 Å². The predicted octanol–water partition coefficient (Wildman–Crippen LogP) is 2.69. The monoisotopic (exact) mass is 295 g/mol.